The van der Waals surface area contributed by atoms with Gasteiger partial charge >= 0.3 is 6.18 Å². The Labute approximate surface area is 113 Å². The largest absolute Gasteiger partial charge is 0.409 e. The molecule has 0 spiro atoms. The lowest BCUT2D eigenvalue weighted by Gasteiger charge is -2.20. The summed E-state index contributed by atoms with van der Waals surface area (Å²) in [6.07, 6.45) is -5.56. The summed E-state index contributed by atoms with van der Waals surface area (Å²) in [5, 5.41) is 23.0. The number of aliphatic hydroxyl groups is 1. The normalized spacial score (nSPS) is 15.9. The van der Waals surface area contributed by atoms with Crippen molar-refractivity contribution < 1.29 is 23.5 Å². The van der Waals surface area contributed by atoms with Crippen LogP contribution in [0.1, 0.15) is 11.7 Å². The Kier molecular flexibility index (Phi) is 5.78. The highest BCUT2D eigenvalue weighted by Crippen LogP contribution is 2.26. The number of amidine groups is 1. The average molecular weight is 291 g/mol. The van der Waals surface area contributed by atoms with E-state index in [-0.39, 0.29) is 6.54 Å². The number of hydrogen-bond donors (Lipinski definition) is 4. The topological polar surface area (TPSA) is 90.9 Å². The fraction of sp³-hybridized carbons (Fsp3) is 0.417. The molecule has 0 aliphatic carbocycles. The molecule has 0 bridgehead atoms. The van der Waals surface area contributed by atoms with Crippen molar-refractivity contribution in [3.8, 4) is 0 Å². The summed E-state index contributed by atoms with van der Waals surface area (Å²) in [5.41, 5.74) is 5.60. The number of aliphatic hydroxyl groups excluding tert-OH is 1. The molecule has 0 fully saturated rings. The molecule has 0 saturated carbocycles. The van der Waals surface area contributed by atoms with Gasteiger partial charge in [-0.1, -0.05) is 35.5 Å². The Morgan fingerprint density at radius 3 is 2.35 bits per heavy atom. The second-order valence-corrected chi connectivity index (χ2v) is 4.20. The Bertz CT molecular complexity index is 437. The second-order valence-electron chi connectivity index (χ2n) is 4.20. The SMILES string of the molecule is N/C(=N/O)C(CNCC(O)c1ccccc1)C(F)(F)F. The van der Waals surface area contributed by atoms with E-state index in [1.54, 1.807) is 30.3 Å². The van der Waals surface area contributed by atoms with E-state index in [0.717, 1.165) is 0 Å². The van der Waals surface area contributed by atoms with Gasteiger partial charge in [-0.15, -0.1) is 0 Å². The second kappa shape index (κ2) is 7.11. The molecular formula is C12H16F3N3O2. The third-order valence-electron chi connectivity index (χ3n) is 2.74. The number of rotatable bonds is 6. The van der Waals surface area contributed by atoms with Gasteiger partial charge in [-0.3, -0.25) is 0 Å². The lowest BCUT2D eigenvalue weighted by Crippen LogP contribution is -2.43. The monoisotopic (exact) mass is 291 g/mol. The maximum absolute atomic E-state index is 12.6. The molecule has 0 radical (unpaired) electrons. The van der Waals surface area contributed by atoms with E-state index in [0.29, 0.717) is 5.56 Å². The highest BCUT2D eigenvalue weighted by Gasteiger charge is 2.42. The Morgan fingerprint density at radius 2 is 1.85 bits per heavy atom. The van der Waals surface area contributed by atoms with Crippen LogP contribution in [-0.2, 0) is 0 Å². The van der Waals surface area contributed by atoms with Gasteiger partial charge in [-0.2, -0.15) is 13.2 Å². The summed E-state index contributed by atoms with van der Waals surface area (Å²) >= 11 is 0. The highest BCUT2D eigenvalue weighted by atomic mass is 19.4. The van der Waals surface area contributed by atoms with E-state index < -0.39 is 30.6 Å². The third-order valence-corrected chi connectivity index (χ3v) is 2.74. The molecule has 0 aliphatic rings. The van der Waals surface area contributed by atoms with Gasteiger partial charge in [0.15, 0.2) is 5.84 Å². The number of benzene rings is 1. The molecule has 20 heavy (non-hydrogen) atoms. The van der Waals surface area contributed by atoms with Crippen molar-refractivity contribution in [3.63, 3.8) is 0 Å². The molecule has 0 aromatic heterocycles. The summed E-state index contributed by atoms with van der Waals surface area (Å²) in [4.78, 5) is 0. The van der Waals surface area contributed by atoms with Gasteiger partial charge in [0.1, 0.15) is 5.92 Å². The Hall–Kier alpha value is -1.80. The van der Waals surface area contributed by atoms with Gasteiger partial charge in [-0.05, 0) is 5.56 Å². The molecule has 112 valence electrons. The standard InChI is InChI=1S/C12H16F3N3O2/c13-12(14,15)9(11(16)18-20)6-17-7-10(19)8-4-2-1-3-5-8/h1-5,9-10,17,19-20H,6-7H2,(H2,16,18). The van der Waals surface area contributed by atoms with Crippen molar-refractivity contribution in [1.29, 1.82) is 0 Å². The zero-order chi connectivity index (χ0) is 15.2. The fourth-order valence-corrected chi connectivity index (χ4v) is 1.62. The summed E-state index contributed by atoms with van der Waals surface area (Å²) in [7, 11) is 0. The lowest BCUT2D eigenvalue weighted by atomic mass is 10.1. The molecular weight excluding hydrogens is 275 g/mol. The van der Waals surface area contributed by atoms with E-state index in [9.17, 15) is 18.3 Å². The number of halogens is 3. The van der Waals surface area contributed by atoms with Crippen LogP contribution in [0.5, 0.6) is 0 Å². The van der Waals surface area contributed by atoms with Crippen LogP contribution in [0, 0.1) is 5.92 Å². The minimum Gasteiger partial charge on any atom is -0.409 e. The van der Waals surface area contributed by atoms with Crippen LogP contribution in [0.15, 0.2) is 35.5 Å². The number of nitrogens with zero attached hydrogens (tertiary/aromatic N) is 1. The van der Waals surface area contributed by atoms with Gasteiger partial charge in [0, 0.05) is 13.1 Å². The quantitative estimate of drug-likeness (QED) is 0.275. The number of nitrogens with one attached hydrogen (secondary N) is 1. The van der Waals surface area contributed by atoms with Gasteiger partial charge in [0.25, 0.3) is 0 Å². The zero-order valence-corrected chi connectivity index (χ0v) is 10.5. The Balaban J connectivity index is 2.53. The minimum absolute atomic E-state index is 0.0741. The van der Waals surface area contributed by atoms with Crippen LogP contribution in [0.4, 0.5) is 13.2 Å². The summed E-state index contributed by atoms with van der Waals surface area (Å²) < 4.78 is 37.9. The first-order chi connectivity index (χ1) is 9.36. The van der Waals surface area contributed by atoms with Crippen molar-refractivity contribution in [2.75, 3.05) is 13.1 Å². The van der Waals surface area contributed by atoms with E-state index in [4.69, 9.17) is 10.9 Å². The molecule has 0 aliphatic heterocycles. The number of hydrogen-bond acceptors (Lipinski definition) is 4. The molecule has 0 saturated heterocycles. The summed E-state index contributed by atoms with van der Waals surface area (Å²) in [5.74, 6) is -3.02. The van der Waals surface area contributed by atoms with Crippen LogP contribution in [-0.4, -0.2) is 35.4 Å². The van der Waals surface area contributed by atoms with Crippen molar-refractivity contribution in [1.82, 2.24) is 5.32 Å². The Morgan fingerprint density at radius 1 is 1.25 bits per heavy atom. The van der Waals surface area contributed by atoms with E-state index in [1.165, 1.54) is 0 Å². The molecule has 2 unspecified atom stereocenters. The van der Waals surface area contributed by atoms with Gasteiger partial charge in [-0.25, -0.2) is 0 Å². The lowest BCUT2D eigenvalue weighted by molar-refractivity contribution is -0.155. The van der Waals surface area contributed by atoms with Crippen molar-refractivity contribution in [2.45, 2.75) is 12.3 Å². The first-order valence-electron chi connectivity index (χ1n) is 5.84. The molecule has 5 N–H and O–H groups in total. The molecule has 5 nitrogen and oxygen atoms in total. The summed E-state index contributed by atoms with van der Waals surface area (Å²) in [6, 6.07) is 8.52. The number of oxime groups is 1. The third kappa shape index (κ3) is 4.71. The fourth-order valence-electron chi connectivity index (χ4n) is 1.62. The predicted octanol–water partition coefficient (Wildman–Crippen LogP) is 1.23. The van der Waals surface area contributed by atoms with Crippen molar-refractivity contribution in [3.05, 3.63) is 35.9 Å². The van der Waals surface area contributed by atoms with Crippen molar-refractivity contribution >= 4 is 5.84 Å². The van der Waals surface area contributed by atoms with E-state index in [1.807, 2.05) is 0 Å². The van der Waals surface area contributed by atoms with E-state index in [2.05, 4.69) is 10.5 Å². The summed E-state index contributed by atoms with van der Waals surface area (Å²) in [6.45, 7) is -0.654. The van der Waals surface area contributed by atoms with Crippen LogP contribution < -0.4 is 11.1 Å². The van der Waals surface area contributed by atoms with Gasteiger partial charge in [0.05, 0.1) is 6.10 Å². The van der Waals surface area contributed by atoms with Crippen LogP contribution in [0.25, 0.3) is 0 Å². The van der Waals surface area contributed by atoms with Crippen LogP contribution >= 0.6 is 0 Å². The van der Waals surface area contributed by atoms with Crippen LogP contribution in [0.3, 0.4) is 0 Å². The zero-order valence-electron chi connectivity index (χ0n) is 10.5. The smallest absolute Gasteiger partial charge is 0.400 e. The first kappa shape index (κ1) is 16.3. The van der Waals surface area contributed by atoms with Gasteiger partial charge < -0.3 is 21.4 Å². The highest BCUT2D eigenvalue weighted by molar-refractivity contribution is 5.83. The maximum atomic E-state index is 12.6. The molecule has 1 aromatic carbocycles. The molecule has 1 rings (SSSR count). The van der Waals surface area contributed by atoms with E-state index >= 15 is 0 Å². The maximum Gasteiger partial charge on any atom is 0.400 e. The number of alkyl halides is 3. The number of nitrogens with two attached hydrogens (primary N) is 1. The predicted molar refractivity (Wildman–Crippen MR) is 67.2 cm³/mol. The molecule has 2 atom stereocenters. The molecule has 8 heteroatoms. The average Bonchev–Trinajstić information content (AvgIpc) is 2.42. The molecule has 0 amide bonds. The van der Waals surface area contributed by atoms with Crippen molar-refractivity contribution in [2.24, 2.45) is 16.8 Å². The molecule has 0 heterocycles. The molecule has 1 aromatic rings. The van der Waals surface area contributed by atoms with Gasteiger partial charge in [0.2, 0.25) is 0 Å². The first-order valence-corrected chi connectivity index (χ1v) is 5.84. The minimum atomic E-state index is -4.62. The van der Waals surface area contributed by atoms with Crippen LogP contribution in [0.2, 0.25) is 0 Å².